The van der Waals surface area contributed by atoms with Gasteiger partial charge in [0.25, 0.3) is 10.0 Å². The van der Waals surface area contributed by atoms with Gasteiger partial charge in [-0.1, -0.05) is 54.1 Å². The quantitative estimate of drug-likeness (QED) is 0.296. The fourth-order valence-electron chi connectivity index (χ4n) is 2.82. The van der Waals surface area contributed by atoms with Crippen molar-refractivity contribution in [3.8, 4) is 28.6 Å². The average molecular weight is 500 g/mol. The van der Waals surface area contributed by atoms with Crippen LogP contribution in [0.1, 0.15) is 5.56 Å². The SMILES string of the molecule is COc1ccccc1Oc1c(Cl)nc(-c2ccsc2)nc1NS(=O)(=O)C=Cc1ccccc1. The van der Waals surface area contributed by atoms with Gasteiger partial charge in [-0.05, 0) is 35.2 Å². The monoisotopic (exact) mass is 499 g/mol. The molecule has 0 unspecified atom stereocenters. The lowest BCUT2D eigenvalue weighted by molar-refractivity contribution is 0.378. The first kappa shape index (κ1) is 22.8. The second kappa shape index (κ2) is 10.0. The molecule has 0 bridgehead atoms. The first-order valence-corrected chi connectivity index (χ1v) is 12.5. The zero-order valence-electron chi connectivity index (χ0n) is 17.3. The number of thiophene rings is 1. The normalized spacial score (nSPS) is 11.5. The number of nitrogens with zero attached hydrogens (tertiary/aromatic N) is 2. The Labute approximate surface area is 200 Å². The molecule has 4 rings (SSSR count). The number of anilines is 1. The Kier molecular flexibility index (Phi) is 6.93. The summed E-state index contributed by atoms with van der Waals surface area (Å²) in [7, 11) is -2.46. The molecule has 2 aromatic heterocycles. The van der Waals surface area contributed by atoms with E-state index in [2.05, 4.69) is 14.7 Å². The van der Waals surface area contributed by atoms with Crippen molar-refractivity contribution in [3.05, 3.63) is 87.5 Å². The lowest BCUT2D eigenvalue weighted by atomic mass is 10.2. The average Bonchev–Trinajstić information content (AvgIpc) is 3.36. The predicted octanol–water partition coefficient (Wildman–Crippen LogP) is 6.07. The summed E-state index contributed by atoms with van der Waals surface area (Å²) < 4.78 is 39.3. The summed E-state index contributed by atoms with van der Waals surface area (Å²) in [5.41, 5.74) is 1.43. The summed E-state index contributed by atoms with van der Waals surface area (Å²) in [5, 5.41) is 4.69. The van der Waals surface area contributed by atoms with Gasteiger partial charge in [0, 0.05) is 10.9 Å². The van der Waals surface area contributed by atoms with Gasteiger partial charge in [0.15, 0.2) is 28.3 Å². The largest absolute Gasteiger partial charge is 0.493 e. The molecule has 33 heavy (non-hydrogen) atoms. The van der Waals surface area contributed by atoms with Crippen molar-refractivity contribution in [2.45, 2.75) is 0 Å². The van der Waals surface area contributed by atoms with E-state index in [1.165, 1.54) is 24.5 Å². The maximum Gasteiger partial charge on any atom is 0.256 e. The number of ether oxygens (including phenoxy) is 2. The molecule has 0 aliphatic carbocycles. The highest BCUT2D eigenvalue weighted by molar-refractivity contribution is 7.95. The number of hydrogen-bond donors (Lipinski definition) is 1. The highest BCUT2D eigenvalue weighted by Gasteiger charge is 2.21. The minimum atomic E-state index is -3.95. The molecule has 168 valence electrons. The van der Waals surface area contributed by atoms with Crippen molar-refractivity contribution in [2.75, 3.05) is 11.8 Å². The molecule has 0 amide bonds. The summed E-state index contributed by atoms with van der Waals surface area (Å²) in [4.78, 5) is 8.68. The van der Waals surface area contributed by atoms with Crippen LogP contribution in [-0.2, 0) is 10.0 Å². The Morgan fingerprint density at radius 2 is 1.73 bits per heavy atom. The van der Waals surface area contributed by atoms with Crippen LogP contribution < -0.4 is 14.2 Å². The van der Waals surface area contributed by atoms with Crippen LogP contribution in [-0.4, -0.2) is 25.5 Å². The van der Waals surface area contributed by atoms with Crippen molar-refractivity contribution in [1.82, 2.24) is 9.97 Å². The Balaban J connectivity index is 1.74. The standard InChI is InChI=1S/C23H18ClN3O4S2/c1-30-18-9-5-6-10-19(18)31-20-21(24)25-22(17-11-13-32-15-17)26-23(20)27-33(28,29)14-12-16-7-3-2-4-8-16/h2-15H,1H3,(H,25,26,27). The molecule has 0 saturated heterocycles. The number of hydrogen-bond acceptors (Lipinski definition) is 7. The van der Waals surface area contributed by atoms with Crippen molar-refractivity contribution in [1.29, 1.82) is 0 Å². The Morgan fingerprint density at radius 1 is 1.00 bits per heavy atom. The van der Waals surface area contributed by atoms with Crippen molar-refractivity contribution in [2.24, 2.45) is 0 Å². The van der Waals surface area contributed by atoms with E-state index in [1.54, 1.807) is 36.4 Å². The molecule has 2 heterocycles. The molecule has 2 aromatic carbocycles. The molecule has 7 nitrogen and oxygen atoms in total. The number of benzene rings is 2. The molecule has 0 radical (unpaired) electrons. The lowest BCUT2D eigenvalue weighted by Crippen LogP contribution is -2.12. The van der Waals surface area contributed by atoms with Crippen LogP contribution in [0.15, 0.2) is 76.8 Å². The number of methoxy groups -OCH3 is 1. The van der Waals surface area contributed by atoms with Gasteiger partial charge in [0.1, 0.15) is 0 Å². The first-order valence-electron chi connectivity index (χ1n) is 9.62. The molecule has 0 aliphatic rings. The zero-order valence-corrected chi connectivity index (χ0v) is 19.7. The van der Waals surface area contributed by atoms with E-state index in [9.17, 15) is 8.42 Å². The third kappa shape index (κ3) is 5.70. The summed E-state index contributed by atoms with van der Waals surface area (Å²) in [6, 6.07) is 17.8. The molecule has 1 N–H and O–H groups in total. The van der Waals surface area contributed by atoms with Crippen LogP contribution in [0, 0.1) is 0 Å². The van der Waals surface area contributed by atoms with E-state index < -0.39 is 10.0 Å². The van der Waals surface area contributed by atoms with E-state index in [1.807, 2.05) is 35.0 Å². The highest BCUT2D eigenvalue weighted by Crippen LogP contribution is 2.39. The van der Waals surface area contributed by atoms with Crippen molar-refractivity contribution >= 4 is 44.9 Å². The molecule has 0 spiro atoms. The second-order valence-electron chi connectivity index (χ2n) is 6.64. The number of halogens is 1. The fourth-order valence-corrected chi connectivity index (χ4v) is 4.47. The number of para-hydroxylation sites is 2. The Hall–Kier alpha value is -3.40. The summed E-state index contributed by atoms with van der Waals surface area (Å²) in [6.45, 7) is 0. The topological polar surface area (TPSA) is 90.4 Å². The number of rotatable bonds is 8. The van der Waals surface area contributed by atoms with Crippen molar-refractivity contribution < 1.29 is 17.9 Å². The van der Waals surface area contributed by atoms with Crippen LogP contribution in [0.4, 0.5) is 5.82 Å². The molecule has 0 aliphatic heterocycles. The Morgan fingerprint density at radius 3 is 2.42 bits per heavy atom. The van der Waals surface area contributed by atoms with Gasteiger partial charge in [0.2, 0.25) is 5.75 Å². The molecule has 10 heteroatoms. The van der Waals surface area contributed by atoms with Gasteiger partial charge in [-0.15, -0.1) is 0 Å². The van der Waals surface area contributed by atoms with Crippen molar-refractivity contribution in [3.63, 3.8) is 0 Å². The van der Waals surface area contributed by atoms with Crippen LogP contribution >= 0.6 is 22.9 Å². The number of aromatic nitrogens is 2. The fraction of sp³-hybridized carbons (Fsp3) is 0.0435. The first-order chi connectivity index (χ1) is 15.9. The molecular formula is C23H18ClN3O4S2. The van der Waals surface area contributed by atoms with Gasteiger partial charge in [-0.2, -0.15) is 11.3 Å². The van der Waals surface area contributed by atoms with E-state index in [-0.39, 0.29) is 22.5 Å². The highest BCUT2D eigenvalue weighted by atomic mass is 35.5. The Bertz CT molecular complexity index is 1380. The molecule has 4 aromatic rings. The molecule has 0 fully saturated rings. The minimum absolute atomic E-state index is 0.0446. The summed E-state index contributed by atoms with van der Waals surface area (Å²) in [5.74, 6) is 0.886. The van der Waals surface area contributed by atoms with Crippen LogP contribution in [0.2, 0.25) is 5.15 Å². The second-order valence-corrected chi connectivity index (χ2v) is 9.35. The maximum atomic E-state index is 12.8. The smallest absolute Gasteiger partial charge is 0.256 e. The maximum absolute atomic E-state index is 12.8. The van der Waals surface area contributed by atoms with E-state index in [0.717, 1.165) is 11.0 Å². The van der Waals surface area contributed by atoms with Gasteiger partial charge in [-0.25, -0.2) is 18.4 Å². The third-order valence-corrected chi connectivity index (χ3v) is 6.27. The van der Waals surface area contributed by atoms with Crippen LogP contribution in [0.5, 0.6) is 17.2 Å². The lowest BCUT2D eigenvalue weighted by Gasteiger charge is -2.15. The predicted molar refractivity (Wildman–Crippen MR) is 131 cm³/mol. The van der Waals surface area contributed by atoms with Gasteiger partial charge < -0.3 is 9.47 Å². The number of sulfonamides is 1. The zero-order chi connectivity index (χ0) is 23.3. The van der Waals surface area contributed by atoms with Crippen LogP contribution in [0.25, 0.3) is 17.5 Å². The van der Waals surface area contributed by atoms with Gasteiger partial charge in [0.05, 0.1) is 12.5 Å². The molecule has 0 atom stereocenters. The van der Waals surface area contributed by atoms with E-state index in [0.29, 0.717) is 17.1 Å². The summed E-state index contributed by atoms with van der Waals surface area (Å²) in [6.07, 6.45) is 1.48. The van der Waals surface area contributed by atoms with Crippen LogP contribution in [0.3, 0.4) is 0 Å². The molecule has 0 saturated carbocycles. The molecular weight excluding hydrogens is 482 g/mol. The van der Waals surface area contributed by atoms with E-state index in [4.69, 9.17) is 21.1 Å². The third-order valence-electron chi connectivity index (χ3n) is 4.36. The van der Waals surface area contributed by atoms with E-state index >= 15 is 0 Å². The summed E-state index contributed by atoms with van der Waals surface area (Å²) >= 11 is 7.89. The number of nitrogens with one attached hydrogen (secondary N) is 1. The van der Waals surface area contributed by atoms with Gasteiger partial charge in [-0.3, -0.25) is 4.72 Å². The van der Waals surface area contributed by atoms with Gasteiger partial charge >= 0.3 is 0 Å². The minimum Gasteiger partial charge on any atom is -0.493 e.